The number of likely N-dealkylation sites (tertiary alicyclic amines) is 1. The first-order chi connectivity index (χ1) is 9.90. The van der Waals surface area contributed by atoms with Gasteiger partial charge in [-0.2, -0.15) is 0 Å². The fraction of sp³-hybridized carbons (Fsp3) is 0.722. The van der Waals surface area contributed by atoms with E-state index in [0.717, 1.165) is 56.3 Å². The van der Waals surface area contributed by atoms with Crippen molar-refractivity contribution in [3.05, 3.63) is 23.3 Å². The van der Waals surface area contributed by atoms with Crippen LogP contribution in [0.1, 0.15) is 52.9 Å². The lowest BCUT2D eigenvalue weighted by atomic mass is 9.86. The SMILES string of the molecule is CC(C)(C)CCCN1CCC2CCC=C(CO)C=C2C1=O. The summed E-state index contributed by atoms with van der Waals surface area (Å²) in [5.74, 6) is 0.582. The third kappa shape index (κ3) is 4.44. The van der Waals surface area contributed by atoms with Gasteiger partial charge in [-0.25, -0.2) is 0 Å². The van der Waals surface area contributed by atoms with E-state index in [1.165, 1.54) is 0 Å². The van der Waals surface area contributed by atoms with Crippen LogP contribution in [0.3, 0.4) is 0 Å². The van der Waals surface area contributed by atoms with Crippen molar-refractivity contribution >= 4 is 5.91 Å². The van der Waals surface area contributed by atoms with E-state index in [-0.39, 0.29) is 12.5 Å². The van der Waals surface area contributed by atoms with Crippen molar-refractivity contribution in [2.45, 2.75) is 52.9 Å². The summed E-state index contributed by atoms with van der Waals surface area (Å²) < 4.78 is 0. The van der Waals surface area contributed by atoms with E-state index < -0.39 is 0 Å². The van der Waals surface area contributed by atoms with Gasteiger partial charge in [0.1, 0.15) is 0 Å². The summed E-state index contributed by atoms with van der Waals surface area (Å²) in [6, 6.07) is 0. The Balaban J connectivity index is 2.00. The fourth-order valence-electron chi connectivity index (χ4n) is 3.26. The predicted octanol–water partition coefficient (Wildman–Crippen LogP) is 3.30. The zero-order valence-electron chi connectivity index (χ0n) is 13.7. The number of hydrogen-bond donors (Lipinski definition) is 1. The number of carbonyl (C=O) groups is 1. The lowest BCUT2D eigenvalue weighted by Gasteiger charge is -2.34. The number of amides is 1. The van der Waals surface area contributed by atoms with Crippen LogP contribution in [0.15, 0.2) is 23.3 Å². The van der Waals surface area contributed by atoms with Crippen LogP contribution in [0.25, 0.3) is 0 Å². The van der Waals surface area contributed by atoms with Gasteiger partial charge in [0.25, 0.3) is 0 Å². The monoisotopic (exact) mass is 291 g/mol. The highest BCUT2D eigenvalue weighted by Crippen LogP contribution is 2.32. The molecule has 3 nitrogen and oxygen atoms in total. The molecule has 1 heterocycles. The molecule has 0 bridgehead atoms. The van der Waals surface area contributed by atoms with Crippen molar-refractivity contribution in [2.24, 2.45) is 11.3 Å². The Morgan fingerprint density at radius 3 is 2.76 bits per heavy atom. The molecule has 0 aromatic rings. The maximum atomic E-state index is 12.7. The third-order valence-electron chi connectivity index (χ3n) is 4.52. The normalized spacial score (nSPS) is 23.3. The highest BCUT2D eigenvalue weighted by Gasteiger charge is 2.31. The molecule has 2 aliphatic rings. The molecule has 0 spiro atoms. The Labute approximate surface area is 128 Å². The lowest BCUT2D eigenvalue weighted by Crippen LogP contribution is -2.41. The largest absolute Gasteiger partial charge is 0.392 e. The Hall–Kier alpha value is -1.09. The second kappa shape index (κ2) is 6.78. The molecule has 2 rings (SSSR count). The molecule has 0 saturated carbocycles. The van der Waals surface area contributed by atoms with Crippen LogP contribution >= 0.6 is 0 Å². The summed E-state index contributed by atoms with van der Waals surface area (Å²) in [7, 11) is 0. The Bertz CT molecular complexity index is 443. The number of nitrogens with zero attached hydrogens (tertiary/aromatic N) is 1. The van der Waals surface area contributed by atoms with Gasteiger partial charge in [-0.1, -0.05) is 26.8 Å². The van der Waals surface area contributed by atoms with Crippen molar-refractivity contribution < 1.29 is 9.90 Å². The molecule has 21 heavy (non-hydrogen) atoms. The van der Waals surface area contributed by atoms with Crippen molar-refractivity contribution in [1.82, 2.24) is 4.90 Å². The fourth-order valence-corrected chi connectivity index (χ4v) is 3.26. The maximum Gasteiger partial charge on any atom is 0.250 e. The third-order valence-corrected chi connectivity index (χ3v) is 4.52. The molecule has 1 aliphatic carbocycles. The molecular formula is C18H29NO2. The molecule has 1 aliphatic heterocycles. The lowest BCUT2D eigenvalue weighted by molar-refractivity contribution is -0.129. The van der Waals surface area contributed by atoms with Crippen LogP contribution in [-0.2, 0) is 4.79 Å². The molecule has 1 unspecified atom stereocenters. The van der Waals surface area contributed by atoms with Crippen LogP contribution in [-0.4, -0.2) is 35.6 Å². The number of aliphatic hydroxyl groups excluding tert-OH is 1. The Kier molecular flexibility index (Phi) is 5.26. The van der Waals surface area contributed by atoms with E-state index in [2.05, 4.69) is 26.8 Å². The Morgan fingerprint density at radius 1 is 1.33 bits per heavy atom. The van der Waals surface area contributed by atoms with Gasteiger partial charge in [-0.15, -0.1) is 0 Å². The smallest absolute Gasteiger partial charge is 0.250 e. The van der Waals surface area contributed by atoms with E-state index in [0.29, 0.717) is 11.3 Å². The van der Waals surface area contributed by atoms with Crippen LogP contribution in [0.2, 0.25) is 0 Å². The van der Waals surface area contributed by atoms with Gasteiger partial charge in [0.05, 0.1) is 6.61 Å². The highest BCUT2D eigenvalue weighted by molar-refractivity contribution is 5.95. The molecule has 1 amide bonds. The van der Waals surface area contributed by atoms with Gasteiger partial charge in [-0.3, -0.25) is 4.79 Å². The molecule has 3 heteroatoms. The molecule has 118 valence electrons. The maximum absolute atomic E-state index is 12.7. The number of carbonyl (C=O) groups excluding carboxylic acids is 1. The van der Waals surface area contributed by atoms with Crippen LogP contribution < -0.4 is 0 Å². The molecule has 0 radical (unpaired) electrons. The van der Waals surface area contributed by atoms with Gasteiger partial charge >= 0.3 is 0 Å². The van der Waals surface area contributed by atoms with Gasteiger partial charge in [0.2, 0.25) is 5.91 Å². The summed E-state index contributed by atoms with van der Waals surface area (Å²) in [5.41, 5.74) is 2.16. The molecule has 0 aromatic heterocycles. The van der Waals surface area contributed by atoms with Gasteiger partial charge in [0, 0.05) is 18.7 Å². The van der Waals surface area contributed by atoms with Gasteiger partial charge in [-0.05, 0) is 55.1 Å². The van der Waals surface area contributed by atoms with Crippen LogP contribution in [0.4, 0.5) is 0 Å². The van der Waals surface area contributed by atoms with Crippen LogP contribution in [0.5, 0.6) is 0 Å². The number of piperidine rings is 1. The topological polar surface area (TPSA) is 40.5 Å². The number of rotatable bonds is 4. The first kappa shape index (κ1) is 16.3. The first-order valence-electron chi connectivity index (χ1n) is 8.21. The van der Waals surface area contributed by atoms with Crippen molar-refractivity contribution in [3.8, 4) is 0 Å². The van der Waals surface area contributed by atoms with E-state index in [4.69, 9.17) is 0 Å². The van der Waals surface area contributed by atoms with E-state index in [1.807, 2.05) is 11.0 Å². The summed E-state index contributed by atoms with van der Waals surface area (Å²) in [5, 5.41) is 9.35. The molecule has 1 N–H and O–H groups in total. The minimum absolute atomic E-state index is 0.0352. The van der Waals surface area contributed by atoms with Crippen LogP contribution in [0, 0.1) is 11.3 Å². The van der Waals surface area contributed by atoms with Gasteiger partial charge in [0.15, 0.2) is 0 Å². The Morgan fingerprint density at radius 2 is 2.10 bits per heavy atom. The quantitative estimate of drug-likeness (QED) is 0.863. The number of aliphatic hydroxyl groups is 1. The van der Waals surface area contributed by atoms with Crippen molar-refractivity contribution in [2.75, 3.05) is 19.7 Å². The zero-order chi connectivity index (χ0) is 15.5. The van der Waals surface area contributed by atoms with E-state index in [9.17, 15) is 9.90 Å². The molecular weight excluding hydrogens is 262 g/mol. The zero-order valence-corrected chi connectivity index (χ0v) is 13.7. The average Bonchev–Trinajstić information content (AvgIpc) is 2.62. The highest BCUT2D eigenvalue weighted by atomic mass is 16.3. The summed E-state index contributed by atoms with van der Waals surface area (Å²) in [6.45, 7) is 8.51. The second-order valence-corrected chi connectivity index (χ2v) is 7.56. The van der Waals surface area contributed by atoms with E-state index >= 15 is 0 Å². The molecule has 1 saturated heterocycles. The first-order valence-corrected chi connectivity index (χ1v) is 8.21. The van der Waals surface area contributed by atoms with Crippen molar-refractivity contribution in [3.63, 3.8) is 0 Å². The molecule has 0 aromatic carbocycles. The minimum Gasteiger partial charge on any atom is -0.392 e. The number of hydrogen-bond acceptors (Lipinski definition) is 2. The van der Waals surface area contributed by atoms with Gasteiger partial charge < -0.3 is 10.0 Å². The number of allylic oxidation sites excluding steroid dienone is 1. The minimum atomic E-state index is 0.0352. The average molecular weight is 291 g/mol. The molecule has 1 atom stereocenters. The standard InChI is InChI=1S/C18H29NO2/c1-18(2,3)9-5-10-19-11-8-15-7-4-6-14(13-20)12-16(15)17(19)21/h6,12,15,20H,4-5,7-11,13H2,1-3H3. The summed E-state index contributed by atoms with van der Waals surface area (Å²) in [6.07, 6.45) is 9.30. The van der Waals surface area contributed by atoms with Crippen molar-refractivity contribution in [1.29, 1.82) is 0 Å². The number of fused-ring (bicyclic) bond motifs is 1. The summed E-state index contributed by atoms with van der Waals surface area (Å²) >= 11 is 0. The van der Waals surface area contributed by atoms with E-state index in [1.54, 1.807) is 0 Å². The molecule has 1 fully saturated rings. The predicted molar refractivity (Wildman–Crippen MR) is 85.9 cm³/mol. The summed E-state index contributed by atoms with van der Waals surface area (Å²) in [4.78, 5) is 14.7. The second-order valence-electron chi connectivity index (χ2n) is 7.56.